The summed E-state index contributed by atoms with van der Waals surface area (Å²) in [6.07, 6.45) is 29.6. The van der Waals surface area contributed by atoms with Crippen molar-refractivity contribution in [2.45, 2.75) is 154 Å². The maximum absolute atomic E-state index is 10.5. The van der Waals surface area contributed by atoms with Crippen molar-refractivity contribution in [1.82, 2.24) is 0 Å². The lowest BCUT2D eigenvalue weighted by atomic mass is 9.71. The van der Waals surface area contributed by atoms with Gasteiger partial charge in [-0.3, -0.25) is 4.79 Å². The second-order valence-electron chi connectivity index (χ2n) is 12.9. The zero-order valence-corrected chi connectivity index (χ0v) is 22.7. The first kappa shape index (κ1) is 28.6. The van der Waals surface area contributed by atoms with Gasteiger partial charge in [-0.1, -0.05) is 70.6 Å². The number of carbonyl (C=O) groups is 1. The summed E-state index contributed by atoms with van der Waals surface area (Å²) in [4.78, 5) is 10.5. The van der Waals surface area contributed by atoms with Crippen LogP contribution in [-0.4, -0.2) is 18.4 Å². The smallest absolute Gasteiger partial charge is 0.132 e. The monoisotopic (exact) mass is 485 g/mol. The number of rotatable bonds is 5. The van der Waals surface area contributed by atoms with Gasteiger partial charge in [-0.05, 0) is 88.0 Å². The highest BCUT2D eigenvalue weighted by Gasteiger charge is 2.38. The van der Waals surface area contributed by atoms with Crippen molar-refractivity contribution in [2.24, 2.45) is 34.1 Å². The van der Waals surface area contributed by atoms with Crippen LogP contribution in [-0.2, 0) is 4.79 Å². The van der Waals surface area contributed by atoms with Gasteiger partial charge in [-0.15, -0.1) is 0 Å². The molecule has 6 rings (SSSR count). The number of hydrogen-bond acceptors (Lipinski definition) is 4. The van der Waals surface area contributed by atoms with Gasteiger partial charge in [0.25, 0.3) is 0 Å². The van der Waals surface area contributed by atoms with Gasteiger partial charge in [0.1, 0.15) is 5.78 Å². The molecule has 4 N–H and O–H groups in total. The van der Waals surface area contributed by atoms with E-state index in [0.29, 0.717) is 17.2 Å². The zero-order chi connectivity index (χ0) is 25.0. The minimum atomic E-state index is 0.111. The first-order valence-electron chi connectivity index (χ1n) is 15.4. The van der Waals surface area contributed by atoms with Crippen LogP contribution in [0.1, 0.15) is 148 Å². The molecule has 0 unspecified atom stereocenters. The topological polar surface area (TPSA) is 92.9 Å². The third kappa shape index (κ3) is 11.8. The summed E-state index contributed by atoms with van der Waals surface area (Å²) in [6, 6.07) is 3.17. The largest absolute Gasteiger partial charge is 0.330 e. The van der Waals surface area contributed by atoms with Crippen molar-refractivity contribution in [1.29, 1.82) is 5.26 Å². The summed E-state index contributed by atoms with van der Waals surface area (Å²) in [6.45, 7) is 0.948. The molecule has 0 atom stereocenters. The van der Waals surface area contributed by atoms with Gasteiger partial charge in [0, 0.05) is 18.9 Å². The van der Waals surface area contributed by atoms with E-state index in [1.807, 2.05) is 0 Å². The highest BCUT2D eigenvalue weighted by molar-refractivity contribution is 5.78. The van der Waals surface area contributed by atoms with E-state index in [4.69, 9.17) is 16.7 Å². The molecule has 0 aromatic rings. The lowest BCUT2D eigenvalue weighted by molar-refractivity contribution is -0.120. The molecule has 0 amide bonds. The van der Waals surface area contributed by atoms with Crippen molar-refractivity contribution in [3.63, 3.8) is 0 Å². The summed E-state index contributed by atoms with van der Waals surface area (Å²) in [5, 5.41) is 9.17. The van der Waals surface area contributed by atoms with E-state index in [9.17, 15) is 4.79 Å². The molecule has 0 aliphatic heterocycles. The lowest BCUT2D eigenvalue weighted by Gasteiger charge is -2.36. The third-order valence-corrected chi connectivity index (χ3v) is 9.22. The van der Waals surface area contributed by atoms with Crippen LogP contribution in [0.2, 0.25) is 0 Å². The molecular weight excluding hydrogens is 430 g/mol. The van der Waals surface area contributed by atoms with E-state index in [2.05, 4.69) is 6.07 Å². The Hall–Kier alpha value is -0.920. The van der Waals surface area contributed by atoms with Gasteiger partial charge in [-0.25, -0.2) is 0 Å². The molecule has 35 heavy (non-hydrogen) atoms. The maximum Gasteiger partial charge on any atom is 0.132 e. The number of nitriles is 1. The molecule has 4 nitrogen and oxygen atoms in total. The van der Waals surface area contributed by atoms with Crippen LogP contribution in [0.5, 0.6) is 0 Å². The lowest BCUT2D eigenvalue weighted by Crippen LogP contribution is -2.33. The van der Waals surface area contributed by atoms with Gasteiger partial charge in [0.05, 0.1) is 11.5 Å². The number of ketones is 1. The molecule has 6 fully saturated rings. The molecule has 0 radical (unpaired) electrons. The second-order valence-corrected chi connectivity index (χ2v) is 12.9. The molecule has 4 heteroatoms. The predicted molar refractivity (Wildman–Crippen MR) is 146 cm³/mol. The van der Waals surface area contributed by atoms with Gasteiger partial charge < -0.3 is 11.5 Å². The predicted octanol–water partition coefficient (Wildman–Crippen LogP) is 7.58. The average molecular weight is 486 g/mol. The minimum absolute atomic E-state index is 0.111. The Morgan fingerprint density at radius 3 is 1.54 bits per heavy atom. The quantitative estimate of drug-likeness (QED) is 0.419. The van der Waals surface area contributed by atoms with Crippen molar-refractivity contribution in [3.05, 3.63) is 0 Å². The number of nitrogens with two attached hydrogens (primary N) is 2. The van der Waals surface area contributed by atoms with Crippen LogP contribution in [0, 0.1) is 34.0 Å². The fourth-order valence-electron chi connectivity index (χ4n) is 6.23. The Kier molecular flexibility index (Phi) is 12.1. The molecule has 0 bridgehead atoms. The SMILES string of the molecule is N#CC1(CC2CC2)CCCCC1.NC1CC1.NCC1(CC2CC2)CCCCC1.O=C1CCCCC1. The van der Waals surface area contributed by atoms with Crippen LogP contribution in [0.25, 0.3) is 0 Å². The summed E-state index contributed by atoms with van der Waals surface area (Å²) < 4.78 is 0. The van der Waals surface area contributed by atoms with Crippen molar-refractivity contribution in [2.75, 3.05) is 6.54 Å². The molecule has 6 aliphatic carbocycles. The normalized spacial score (nSPS) is 26.9. The van der Waals surface area contributed by atoms with Crippen LogP contribution < -0.4 is 11.5 Å². The number of nitrogens with zero attached hydrogens (tertiary/aromatic N) is 1. The maximum atomic E-state index is 10.5. The van der Waals surface area contributed by atoms with E-state index in [0.717, 1.165) is 44.1 Å². The molecular formula is C31H55N3O. The van der Waals surface area contributed by atoms with Crippen LogP contribution in [0.15, 0.2) is 0 Å². The molecule has 0 spiro atoms. The van der Waals surface area contributed by atoms with Gasteiger partial charge >= 0.3 is 0 Å². The van der Waals surface area contributed by atoms with Gasteiger partial charge in [0.2, 0.25) is 0 Å². The highest BCUT2D eigenvalue weighted by atomic mass is 16.1. The standard InChI is InChI=1S/C11H21N.C11H17N.C6H10O.C3H7N/c2*12-9-11(8-10-4-5-10)6-2-1-3-7-11;7-6-4-2-1-3-5-6;4-3-1-2-3/h10H,1-9,12H2;10H,1-8H2;1-5H2;3H,1-2,4H2. The van der Waals surface area contributed by atoms with Crippen LogP contribution >= 0.6 is 0 Å². The zero-order valence-electron chi connectivity index (χ0n) is 22.7. The second kappa shape index (κ2) is 14.7. The van der Waals surface area contributed by atoms with E-state index >= 15 is 0 Å². The molecule has 0 aromatic heterocycles. The number of Topliss-reactive ketones (excluding diaryl/α,β-unsaturated/α-hetero) is 1. The van der Waals surface area contributed by atoms with E-state index < -0.39 is 0 Å². The molecule has 0 saturated heterocycles. The van der Waals surface area contributed by atoms with Crippen molar-refractivity contribution >= 4 is 5.78 Å². The summed E-state index contributed by atoms with van der Waals surface area (Å²) >= 11 is 0. The van der Waals surface area contributed by atoms with E-state index in [-0.39, 0.29) is 5.41 Å². The summed E-state index contributed by atoms with van der Waals surface area (Å²) in [5.74, 6) is 2.45. The molecule has 6 saturated carbocycles. The molecule has 200 valence electrons. The van der Waals surface area contributed by atoms with Gasteiger partial charge in [-0.2, -0.15) is 5.26 Å². The van der Waals surface area contributed by atoms with E-state index in [1.165, 1.54) is 122 Å². The average Bonchev–Trinajstić information content (AvgIpc) is 3.73. The highest BCUT2D eigenvalue weighted by Crippen LogP contribution is 2.48. The Labute approximate surface area is 216 Å². The summed E-state index contributed by atoms with van der Waals surface area (Å²) in [5.41, 5.74) is 11.8. The Morgan fingerprint density at radius 2 is 1.17 bits per heavy atom. The molecule has 0 aromatic carbocycles. The fraction of sp³-hybridized carbons (Fsp3) is 0.935. The number of carbonyl (C=O) groups excluding carboxylic acids is 1. The Morgan fingerprint density at radius 1 is 0.714 bits per heavy atom. The number of hydrogen-bond donors (Lipinski definition) is 2. The van der Waals surface area contributed by atoms with Crippen LogP contribution in [0.4, 0.5) is 0 Å². The fourth-order valence-corrected chi connectivity index (χ4v) is 6.23. The molecule has 0 heterocycles. The van der Waals surface area contributed by atoms with Gasteiger partial charge in [0.15, 0.2) is 0 Å². The Balaban J connectivity index is 0.000000140. The minimum Gasteiger partial charge on any atom is -0.330 e. The van der Waals surface area contributed by atoms with Crippen LogP contribution in [0.3, 0.4) is 0 Å². The van der Waals surface area contributed by atoms with E-state index in [1.54, 1.807) is 0 Å². The first-order valence-corrected chi connectivity index (χ1v) is 15.4. The van der Waals surface area contributed by atoms with Crippen molar-refractivity contribution in [3.8, 4) is 6.07 Å². The third-order valence-electron chi connectivity index (χ3n) is 9.22. The summed E-state index contributed by atoms with van der Waals surface area (Å²) in [7, 11) is 0. The first-order chi connectivity index (χ1) is 17.0. The molecule has 6 aliphatic rings. The Bertz CT molecular complexity index is 637. The van der Waals surface area contributed by atoms with Crippen molar-refractivity contribution < 1.29 is 4.79 Å².